The average molecular weight is 309 g/mol. The van der Waals surface area contributed by atoms with Gasteiger partial charge in [-0.25, -0.2) is 4.68 Å². The number of para-hydroxylation sites is 1. The van der Waals surface area contributed by atoms with Gasteiger partial charge in [-0.1, -0.05) is 18.2 Å². The summed E-state index contributed by atoms with van der Waals surface area (Å²) >= 11 is 0. The Bertz CT molecular complexity index is 595. The van der Waals surface area contributed by atoms with Gasteiger partial charge < -0.3 is 11.1 Å². The zero-order valence-electron chi connectivity index (χ0n) is 12.3. The molecule has 6 heteroatoms. The van der Waals surface area contributed by atoms with Crippen molar-refractivity contribution in [2.24, 2.45) is 5.73 Å². The SMILES string of the molecule is Cc1nn(-c2ccccc2)c(C)c1CC(=O)NCCN.Cl. The molecule has 0 atom stereocenters. The summed E-state index contributed by atoms with van der Waals surface area (Å²) in [5.74, 6) is -0.0192. The van der Waals surface area contributed by atoms with Crippen molar-refractivity contribution in [1.82, 2.24) is 15.1 Å². The van der Waals surface area contributed by atoms with E-state index < -0.39 is 0 Å². The molecular formula is C15H21ClN4O. The van der Waals surface area contributed by atoms with Gasteiger partial charge in [-0.15, -0.1) is 12.4 Å². The van der Waals surface area contributed by atoms with Gasteiger partial charge >= 0.3 is 0 Å². The molecule has 0 saturated carbocycles. The summed E-state index contributed by atoms with van der Waals surface area (Å²) in [7, 11) is 0. The summed E-state index contributed by atoms with van der Waals surface area (Å²) in [5.41, 5.74) is 9.24. The number of hydrogen-bond donors (Lipinski definition) is 2. The van der Waals surface area contributed by atoms with Crippen LogP contribution >= 0.6 is 12.4 Å². The van der Waals surface area contributed by atoms with Crippen LogP contribution in [-0.2, 0) is 11.2 Å². The number of hydrogen-bond acceptors (Lipinski definition) is 3. The molecule has 1 heterocycles. The van der Waals surface area contributed by atoms with Crippen molar-refractivity contribution >= 4 is 18.3 Å². The Hall–Kier alpha value is -1.85. The summed E-state index contributed by atoms with van der Waals surface area (Å²) in [5, 5.41) is 7.31. The van der Waals surface area contributed by atoms with Crippen molar-refractivity contribution < 1.29 is 4.79 Å². The Morgan fingerprint density at radius 2 is 1.95 bits per heavy atom. The maximum Gasteiger partial charge on any atom is 0.224 e. The fraction of sp³-hybridized carbons (Fsp3) is 0.333. The molecule has 0 fully saturated rings. The number of carbonyl (C=O) groups is 1. The van der Waals surface area contributed by atoms with Gasteiger partial charge in [0.2, 0.25) is 5.91 Å². The third-order valence-electron chi connectivity index (χ3n) is 3.25. The van der Waals surface area contributed by atoms with Gasteiger partial charge in [0.05, 0.1) is 17.8 Å². The monoisotopic (exact) mass is 308 g/mol. The van der Waals surface area contributed by atoms with E-state index in [4.69, 9.17) is 5.73 Å². The molecule has 0 unspecified atom stereocenters. The molecule has 0 radical (unpaired) electrons. The van der Waals surface area contributed by atoms with Crippen LogP contribution in [0.2, 0.25) is 0 Å². The number of aromatic nitrogens is 2. The van der Waals surface area contributed by atoms with E-state index in [1.165, 1.54) is 0 Å². The maximum absolute atomic E-state index is 11.8. The Labute approximate surface area is 130 Å². The van der Waals surface area contributed by atoms with Gasteiger partial charge in [0.25, 0.3) is 0 Å². The van der Waals surface area contributed by atoms with Gasteiger partial charge in [-0.3, -0.25) is 4.79 Å². The molecule has 0 aliphatic heterocycles. The van der Waals surface area contributed by atoms with Gasteiger partial charge in [0.15, 0.2) is 0 Å². The second-order valence-electron chi connectivity index (χ2n) is 4.71. The number of aryl methyl sites for hydroxylation is 1. The zero-order valence-corrected chi connectivity index (χ0v) is 13.1. The molecule has 2 rings (SSSR count). The van der Waals surface area contributed by atoms with E-state index >= 15 is 0 Å². The minimum absolute atomic E-state index is 0. The average Bonchev–Trinajstić information content (AvgIpc) is 2.74. The van der Waals surface area contributed by atoms with Gasteiger partial charge in [-0.2, -0.15) is 5.10 Å². The second-order valence-corrected chi connectivity index (χ2v) is 4.71. The van der Waals surface area contributed by atoms with Crippen LogP contribution in [0, 0.1) is 13.8 Å². The fourth-order valence-electron chi connectivity index (χ4n) is 2.19. The minimum Gasteiger partial charge on any atom is -0.355 e. The van der Waals surface area contributed by atoms with Crippen molar-refractivity contribution in [3.63, 3.8) is 0 Å². The van der Waals surface area contributed by atoms with Crippen LogP contribution in [0.15, 0.2) is 30.3 Å². The molecule has 0 saturated heterocycles. The molecule has 1 amide bonds. The molecule has 1 aromatic heterocycles. The molecule has 114 valence electrons. The number of halogens is 1. The Morgan fingerprint density at radius 1 is 1.29 bits per heavy atom. The van der Waals surface area contributed by atoms with Crippen molar-refractivity contribution in [2.45, 2.75) is 20.3 Å². The zero-order chi connectivity index (χ0) is 14.5. The standard InChI is InChI=1S/C15H20N4O.ClH/c1-11-14(10-15(20)17-9-8-16)12(2)19(18-11)13-6-4-3-5-7-13;/h3-7H,8-10,16H2,1-2H3,(H,17,20);1H. The highest BCUT2D eigenvalue weighted by Crippen LogP contribution is 2.18. The highest BCUT2D eigenvalue weighted by molar-refractivity contribution is 5.85. The maximum atomic E-state index is 11.8. The largest absolute Gasteiger partial charge is 0.355 e. The normalized spacial score (nSPS) is 10.0. The van der Waals surface area contributed by atoms with Crippen molar-refractivity contribution in [1.29, 1.82) is 0 Å². The van der Waals surface area contributed by atoms with E-state index in [1.807, 2.05) is 48.9 Å². The van der Waals surface area contributed by atoms with E-state index in [1.54, 1.807) is 0 Å². The van der Waals surface area contributed by atoms with E-state index in [9.17, 15) is 4.79 Å². The number of nitrogens with zero attached hydrogens (tertiary/aromatic N) is 2. The number of nitrogens with one attached hydrogen (secondary N) is 1. The topological polar surface area (TPSA) is 72.9 Å². The summed E-state index contributed by atoms with van der Waals surface area (Å²) in [6.07, 6.45) is 0.338. The second kappa shape index (κ2) is 7.81. The smallest absolute Gasteiger partial charge is 0.224 e. The lowest BCUT2D eigenvalue weighted by molar-refractivity contribution is -0.120. The van der Waals surface area contributed by atoms with Crippen LogP contribution in [0.5, 0.6) is 0 Å². The molecule has 0 aliphatic rings. The quantitative estimate of drug-likeness (QED) is 0.880. The third-order valence-corrected chi connectivity index (χ3v) is 3.25. The van der Waals surface area contributed by atoms with Crippen molar-refractivity contribution in [3.8, 4) is 5.69 Å². The summed E-state index contributed by atoms with van der Waals surface area (Å²) in [4.78, 5) is 11.8. The molecule has 0 bridgehead atoms. The predicted molar refractivity (Wildman–Crippen MR) is 86.1 cm³/mol. The number of benzene rings is 1. The predicted octanol–water partition coefficient (Wildman–Crippen LogP) is 1.53. The lowest BCUT2D eigenvalue weighted by Gasteiger charge is -2.06. The number of amides is 1. The van der Waals surface area contributed by atoms with Gasteiger partial charge in [-0.05, 0) is 26.0 Å². The molecule has 21 heavy (non-hydrogen) atoms. The summed E-state index contributed by atoms with van der Waals surface area (Å²) in [6.45, 7) is 4.87. The lowest BCUT2D eigenvalue weighted by Crippen LogP contribution is -2.30. The van der Waals surface area contributed by atoms with Gasteiger partial charge in [0, 0.05) is 24.3 Å². The molecule has 0 spiro atoms. The van der Waals surface area contributed by atoms with E-state index in [-0.39, 0.29) is 18.3 Å². The minimum atomic E-state index is -0.0192. The third kappa shape index (κ3) is 4.06. The number of rotatable bonds is 5. The molecule has 2 aromatic rings. The van der Waals surface area contributed by atoms with Crippen LogP contribution in [0.25, 0.3) is 5.69 Å². The summed E-state index contributed by atoms with van der Waals surface area (Å²) < 4.78 is 1.88. The Morgan fingerprint density at radius 3 is 2.57 bits per heavy atom. The highest BCUT2D eigenvalue weighted by Gasteiger charge is 2.15. The van der Waals surface area contributed by atoms with Crippen molar-refractivity contribution in [3.05, 3.63) is 47.3 Å². The highest BCUT2D eigenvalue weighted by atomic mass is 35.5. The molecule has 1 aromatic carbocycles. The molecule has 5 nitrogen and oxygen atoms in total. The van der Waals surface area contributed by atoms with Crippen LogP contribution in [0.4, 0.5) is 0 Å². The first-order valence-corrected chi connectivity index (χ1v) is 6.70. The fourth-order valence-corrected chi connectivity index (χ4v) is 2.19. The first-order valence-electron chi connectivity index (χ1n) is 6.70. The van der Waals surface area contributed by atoms with Crippen LogP contribution in [0.3, 0.4) is 0 Å². The first-order chi connectivity index (χ1) is 9.63. The molecule has 0 aliphatic carbocycles. The number of nitrogens with two attached hydrogens (primary N) is 1. The van der Waals surface area contributed by atoms with Gasteiger partial charge in [0.1, 0.15) is 0 Å². The molecule has 3 N–H and O–H groups in total. The number of carbonyl (C=O) groups excluding carboxylic acids is 1. The molecular weight excluding hydrogens is 288 g/mol. The van der Waals surface area contributed by atoms with E-state index in [0.717, 1.165) is 22.6 Å². The van der Waals surface area contributed by atoms with Crippen LogP contribution < -0.4 is 11.1 Å². The van der Waals surface area contributed by atoms with Crippen molar-refractivity contribution in [2.75, 3.05) is 13.1 Å². The van der Waals surface area contributed by atoms with Crippen LogP contribution in [-0.4, -0.2) is 28.8 Å². The summed E-state index contributed by atoms with van der Waals surface area (Å²) in [6, 6.07) is 9.91. The van der Waals surface area contributed by atoms with Crippen LogP contribution in [0.1, 0.15) is 17.0 Å². The Kier molecular flexibility index (Phi) is 6.39. The van der Waals surface area contributed by atoms with E-state index in [2.05, 4.69) is 10.4 Å². The Balaban J connectivity index is 0.00000220. The lowest BCUT2D eigenvalue weighted by atomic mass is 10.1. The first kappa shape index (κ1) is 17.2. The van der Waals surface area contributed by atoms with E-state index in [0.29, 0.717) is 19.5 Å².